The third-order valence-corrected chi connectivity index (χ3v) is 3.29. The van der Waals surface area contributed by atoms with Gasteiger partial charge in [0.2, 0.25) is 10.0 Å². The zero-order valence-electron chi connectivity index (χ0n) is 6.91. The third kappa shape index (κ3) is 4.67. The number of sulfonamides is 1. The first-order valence-electron chi connectivity index (χ1n) is 3.55. The maximum absolute atomic E-state index is 11.3. The van der Waals surface area contributed by atoms with Gasteiger partial charge < -0.3 is 0 Å². The molecule has 7 heteroatoms. The van der Waals surface area contributed by atoms with Crippen LogP contribution in [-0.4, -0.2) is 43.3 Å². The Hall–Kier alpha value is -0.0200. The molecule has 0 aliphatic heterocycles. The number of hydrogen-bond donors (Lipinski definition) is 0. The lowest BCUT2D eigenvalue weighted by molar-refractivity contribution is 0.451. The minimum absolute atomic E-state index is 0.193. The second-order valence-electron chi connectivity index (χ2n) is 2.19. The SMILES string of the molecule is N#CCS(=O)(=O)N(CCCl)CCCl. The molecule has 0 heterocycles. The minimum Gasteiger partial charge on any atom is -0.211 e. The summed E-state index contributed by atoms with van der Waals surface area (Å²) in [5, 5.41) is 8.27. The van der Waals surface area contributed by atoms with E-state index in [4.69, 9.17) is 28.5 Å². The maximum atomic E-state index is 11.3. The number of rotatable bonds is 6. The monoisotopic (exact) mass is 244 g/mol. The van der Waals surface area contributed by atoms with Crippen LogP contribution in [0.4, 0.5) is 0 Å². The van der Waals surface area contributed by atoms with Crippen LogP contribution in [0.3, 0.4) is 0 Å². The highest BCUT2D eigenvalue weighted by molar-refractivity contribution is 7.89. The number of nitrogens with zero attached hydrogens (tertiary/aromatic N) is 2. The topological polar surface area (TPSA) is 61.2 Å². The van der Waals surface area contributed by atoms with E-state index in [1.54, 1.807) is 6.07 Å². The zero-order chi connectivity index (χ0) is 10.3. The van der Waals surface area contributed by atoms with Crippen LogP contribution >= 0.6 is 23.2 Å². The molecule has 0 atom stereocenters. The van der Waals surface area contributed by atoms with Crippen LogP contribution in [-0.2, 0) is 10.0 Å². The molecule has 0 rings (SSSR count). The summed E-state index contributed by atoms with van der Waals surface area (Å²) in [6, 6.07) is 1.59. The van der Waals surface area contributed by atoms with E-state index in [2.05, 4.69) is 0 Å². The summed E-state index contributed by atoms with van der Waals surface area (Å²) in [5.41, 5.74) is 0. The van der Waals surface area contributed by atoms with Crippen LogP contribution < -0.4 is 0 Å². The summed E-state index contributed by atoms with van der Waals surface area (Å²) in [5.74, 6) is -0.135. The van der Waals surface area contributed by atoms with Crippen LogP contribution in [0.5, 0.6) is 0 Å². The standard InChI is InChI=1S/C6H10Cl2N2O2S/c7-1-4-10(5-2-8)13(11,12)6-3-9/h1-2,4-6H2. The molecule has 0 bridgehead atoms. The highest BCUT2D eigenvalue weighted by Gasteiger charge is 2.19. The fourth-order valence-electron chi connectivity index (χ4n) is 0.751. The molecule has 0 spiro atoms. The van der Waals surface area contributed by atoms with Gasteiger partial charge in [-0.1, -0.05) is 0 Å². The van der Waals surface area contributed by atoms with E-state index in [-0.39, 0.29) is 24.8 Å². The Balaban J connectivity index is 4.44. The van der Waals surface area contributed by atoms with Crippen LogP contribution in [0, 0.1) is 11.3 Å². The van der Waals surface area contributed by atoms with E-state index in [9.17, 15) is 8.42 Å². The van der Waals surface area contributed by atoms with Crippen LogP contribution in [0.15, 0.2) is 0 Å². The number of halogens is 2. The van der Waals surface area contributed by atoms with E-state index in [0.717, 1.165) is 4.31 Å². The Labute approximate surface area is 88.1 Å². The van der Waals surface area contributed by atoms with E-state index < -0.39 is 15.8 Å². The van der Waals surface area contributed by atoms with Crippen molar-refractivity contribution in [3.63, 3.8) is 0 Å². The molecule has 76 valence electrons. The number of hydrogen-bond acceptors (Lipinski definition) is 3. The highest BCUT2D eigenvalue weighted by atomic mass is 35.5. The Morgan fingerprint density at radius 3 is 2.00 bits per heavy atom. The number of nitriles is 1. The molecule has 0 aromatic rings. The first-order chi connectivity index (χ1) is 6.08. The van der Waals surface area contributed by atoms with Gasteiger partial charge in [0, 0.05) is 24.8 Å². The molecule has 0 saturated heterocycles. The lowest BCUT2D eigenvalue weighted by atomic mass is 10.6. The fraction of sp³-hybridized carbons (Fsp3) is 0.833. The van der Waals surface area contributed by atoms with Crippen molar-refractivity contribution < 1.29 is 8.42 Å². The van der Waals surface area contributed by atoms with Gasteiger partial charge in [-0.3, -0.25) is 0 Å². The smallest absolute Gasteiger partial charge is 0.211 e. The molecule has 0 aliphatic rings. The molecule has 0 saturated carbocycles. The molecule has 0 N–H and O–H groups in total. The summed E-state index contributed by atoms with van der Waals surface area (Å²) >= 11 is 10.8. The van der Waals surface area contributed by atoms with E-state index >= 15 is 0 Å². The molecular weight excluding hydrogens is 235 g/mol. The van der Waals surface area contributed by atoms with Gasteiger partial charge in [0.1, 0.15) is 0 Å². The maximum Gasteiger partial charge on any atom is 0.227 e. The predicted octanol–water partition coefficient (Wildman–Crippen LogP) is 0.619. The lowest BCUT2D eigenvalue weighted by Gasteiger charge is -2.17. The van der Waals surface area contributed by atoms with Crippen molar-refractivity contribution in [2.24, 2.45) is 0 Å². The summed E-state index contributed by atoms with van der Waals surface area (Å²) < 4.78 is 23.7. The van der Waals surface area contributed by atoms with Gasteiger partial charge in [0.25, 0.3) is 0 Å². The third-order valence-electron chi connectivity index (χ3n) is 1.31. The van der Waals surface area contributed by atoms with E-state index in [0.29, 0.717) is 0 Å². The van der Waals surface area contributed by atoms with Crippen molar-refractivity contribution in [2.45, 2.75) is 0 Å². The van der Waals surface area contributed by atoms with Gasteiger partial charge in [-0.25, -0.2) is 8.42 Å². The molecule has 0 aliphatic carbocycles. The Morgan fingerprint density at radius 1 is 1.23 bits per heavy atom. The molecular formula is C6H10Cl2N2O2S. The Kier molecular flexibility index (Phi) is 6.43. The van der Waals surface area contributed by atoms with Crippen molar-refractivity contribution in [1.82, 2.24) is 4.31 Å². The molecule has 4 nitrogen and oxygen atoms in total. The molecule has 0 amide bonds. The van der Waals surface area contributed by atoms with E-state index in [1.165, 1.54) is 0 Å². The van der Waals surface area contributed by atoms with Crippen molar-refractivity contribution in [2.75, 3.05) is 30.6 Å². The van der Waals surface area contributed by atoms with Crippen molar-refractivity contribution in [1.29, 1.82) is 5.26 Å². The second kappa shape index (κ2) is 6.44. The molecule has 0 unspecified atom stereocenters. The largest absolute Gasteiger partial charge is 0.227 e. The van der Waals surface area contributed by atoms with Crippen molar-refractivity contribution in [3.8, 4) is 6.07 Å². The van der Waals surface area contributed by atoms with Crippen LogP contribution in [0.2, 0.25) is 0 Å². The van der Waals surface area contributed by atoms with Gasteiger partial charge in [0.15, 0.2) is 5.75 Å². The normalized spacial score (nSPS) is 11.5. The fourth-order valence-corrected chi connectivity index (χ4v) is 2.44. The molecule has 0 radical (unpaired) electrons. The summed E-state index contributed by atoms with van der Waals surface area (Å²) in [7, 11) is -3.49. The summed E-state index contributed by atoms with van der Waals surface area (Å²) in [6.07, 6.45) is 0. The van der Waals surface area contributed by atoms with Gasteiger partial charge in [-0.15, -0.1) is 23.2 Å². The lowest BCUT2D eigenvalue weighted by Crippen LogP contribution is -2.35. The van der Waals surface area contributed by atoms with Crippen molar-refractivity contribution in [3.05, 3.63) is 0 Å². The van der Waals surface area contributed by atoms with Gasteiger partial charge in [-0.2, -0.15) is 9.57 Å². The molecule has 0 aromatic heterocycles. The highest BCUT2D eigenvalue weighted by Crippen LogP contribution is 2.02. The van der Waals surface area contributed by atoms with E-state index in [1.807, 2.05) is 0 Å². The molecule has 0 fully saturated rings. The Morgan fingerprint density at radius 2 is 1.69 bits per heavy atom. The first-order valence-corrected chi connectivity index (χ1v) is 6.23. The van der Waals surface area contributed by atoms with Crippen molar-refractivity contribution >= 4 is 33.2 Å². The minimum atomic E-state index is -3.49. The average molecular weight is 245 g/mol. The second-order valence-corrected chi connectivity index (χ2v) is 4.92. The van der Waals surface area contributed by atoms with Gasteiger partial charge in [0.05, 0.1) is 6.07 Å². The quantitative estimate of drug-likeness (QED) is 0.644. The summed E-state index contributed by atoms with van der Waals surface area (Å²) in [6.45, 7) is 0.385. The predicted molar refractivity (Wildman–Crippen MR) is 52.4 cm³/mol. The zero-order valence-corrected chi connectivity index (χ0v) is 9.24. The van der Waals surface area contributed by atoms with Crippen LogP contribution in [0.25, 0.3) is 0 Å². The summed E-state index contributed by atoms with van der Waals surface area (Å²) in [4.78, 5) is 0. The Bertz CT molecular complexity index is 267. The van der Waals surface area contributed by atoms with Gasteiger partial charge in [-0.05, 0) is 0 Å². The molecule has 13 heavy (non-hydrogen) atoms. The first kappa shape index (κ1) is 13.0. The number of alkyl halides is 2. The molecule has 0 aromatic carbocycles. The van der Waals surface area contributed by atoms with Crippen LogP contribution in [0.1, 0.15) is 0 Å². The average Bonchev–Trinajstić information content (AvgIpc) is 2.04. The van der Waals surface area contributed by atoms with Gasteiger partial charge >= 0.3 is 0 Å².